The van der Waals surface area contributed by atoms with Crippen LogP contribution in [0.1, 0.15) is 48.6 Å². The van der Waals surface area contributed by atoms with Crippen LogP contribution in [0.4, 0.5) is 26.3 Å². The van der Waals surface area contributed by atoms with Crippen molar-refractivity contribution in [1.82, 2.24) is 15.3 Å². The quantitative estimate of drug-likeness (QED) is 0.626. The van der Waals surface area contributed by atoms with Crippen LogP contribution in [0.25, 0.3) is 0 Å². The Kier molecular flexibility index (Phi) is 6.24. The molecule has 0 unspecified atom stereocenters. The highest BCUT2D eigenvalue weighted by Gasteiger charge is 2.49. The third-order valence-corrected chi connectivity index (χ3v) is 8.36. The maximum Gasteiger partial charge on any atom is 0.451 e. The maximum atomic E-state index is 13.1. The van der Waals surface area contributed by atoms with E-state index in [2.05, 4.69) is 15.3 Å². The predicted octanol–water partition coefficient (Wildman–Crippen LogP) is 4.28. The van der Waals surface area contributed by atoms with Gasteiger partial charge in [0.15, 0.2) is 9.84 Å². The van der Waals surface area contributed by atoms with Gasteiger partial charge in [0, 0.05) is 12.2 Å². The molecule has 0 atom stereocenters. The monoisotopic (exact) mass is 495 g/mol. The summed E-state index contributed by atoms with van der Waals surface area (Å²) in [6, 6.07) is 3.97. The van der Waals surface area contributed by atoms with Gasteiger partial charge in [-0.1, -0.05) is 6.07 Å². The van der Waals surface area contributed by atoms with E-state index in [1.165, 1.54) is 13.8 Å². The summed E-state index contributed by atoms with van der Waals surface area (Å²) in [5.41, 5.74) is -1.57. The predicted molar refractivity (Wildman–Crippen MR) is 104 cm³/mol. The second-order valence-electron chi connectivity index (χ2n) is 8.23. The van der Waals surface area contributed by atoms with Gasteiger partial charge in [-0.15, -0.1) is 0 Å². The van der Waals surface area contributed by atoms with Crippen molar-refractivity contribution in [3.05, 3.63) is 53.6 Å². The van der Waals surface area contributed by atoms with Crippen molar-refractivity contribution in [3.63, 3.8) is 0 Å². The van der Waals surface area contributed by atoms with Crippen molar-refractivity contribution < 1.29 is 39.6 Å². The van der Waals surface area contributed by atoms with Crippen molar-refractivity contribution in [2.75, 3.05) is 0 Å². The largest absolute Gasteiger partial charge is 0.451 e. The summed E-state index contributed by atoms with van der Waals surface area (Å²) >= 11 is 0. The first-order valence-electron chi connectivity index (χ1n) is 9.66. The van der Waals surface area contributed by atoms with E-state index in [1.54, 1.807) is 0 Å². The van der Waals surface area contributed by atoms with Gasteiger partial charge >= 0.3 is 12.4 Å². The Hall–Kier alpha value is -2.70. The second-order valence-corrected chi connectivity index (χ2v) is 10.8. The van der Waals surface area contributed by atoms with E-state index in [4.69, 9.17) is 0 Å². The summed E-state index contributed by atoms with van der Waals surface area (Å²) in [6.45, 7) is 2.79. The van der Waals surface area contributed by atoms with Crippen LogP contribution in [0.5, 0.6) is 0 Å². The van der Waals surface area contributed by atoms with Crippen molar-refractivity contribution >= 4 is 15.7 Å². The van der Waals surface area contributed by atoms with Crippen LogP contribution in [0.2, 0.25) is 0 Å². The van der Waals surface area contributed by atoms with Gasteiger partial charge in [0.1, 0.15) is 5.69 Å². The zero-order chi connectivity index (χ0) is 24.8. The minimum Gasteiger partial charge on any atom is -0.348 e. The number of carbonyl (C=O) groups is 1. The lowest BCUT2D eigenvalue weighted by Gasteiger charge is -2.44. The lowest BCUT2D eigenvalue weighted by atomic mass is 9.73. The van der Waals surface area contributed by atoms with Crippen molar-refractivity contribution in [1.29, 1.82) is 0 Å². The van der Waals surface area contributed by atoms with Crippen LogP contribution in [-0.2, 0) is 22.2 Å². The van der Waals surface area contributed by atoms with Crippen molar-refractivity contribution in [2.45, 2.75) is 54.7 Å². The normalized spacial score (nSPS) is 19.6. The van der Waals surface area contributed by atoms with Crippen LogP contribution in [0.15, 0.2) is 41.4 Å². The average Bonchev–Trinajstić information content (AvgIpc) is 2.68. The smallest absolute Gasteiger partial charge is 0.348 e. The summed E-state index contributed by atoms with van der Waals surface area (Å²) in [5.74, 6) is -2.83. The highest BCUT2D eigenvalue weighted by atomic mass is 32.2. The Labute approximate surface area is 185 Å². The lowest BCUT2D eigenvalue weighted by Crippen LogP contribution is -2.53. The van der Waals surface area contributed by atoms with E-state index >= 15 is 0 Å². The molecule has 6 nitrogen and oxygen atoms in total. The number of carbonyl (C=O) groups excluding carboxylic acids is 1. The van der Waals surface area contributed by atoms with Crippen LogP contribution in [-0.4, -0.2) is 35.1 Å². The van der Waals surface area contributed by atoms with E-state index in [9.17, 15) is 39.6 Å². The third kappa shape index (κ3) is 4.97. The minimum absolute atomic E-state index is 0.175. The second kappa shape index (κ2) is 8.26. The number of aromatic nitrogens is 2. The number of rotatable bonds is 5. The molecule has 1 aliphatic rings. The van der Waals surface area contributed by atoms with Gasteiger partial charge < -0.3 is 5.32 Å². The van der Waals surface area contributed by atoms with Gasteiger partial charge in [-0.05, 0) is 56.9 Å². The van der Waals surface area contributed by atoms with E-state index in [0.717, 1.165) is 30.5 Å². The first kappa shape index (κ1) is 24.9. The number of alkyl halides is 6. The molecule has 1 fully saturated rings. The Morgan fingerprint density at radius 3 is 2.24 bits per heavy atom. The van der Waals surface area contributed by atoms with Gasteiger partial charge in [-0.25, -0.2) is 18.4 Å². The van der Waals surface area contributed by atoms with Gasteiger partial charge in [-0.2, -0.15) is 26.3 Å². The number of nitrogens with one attached hydrogen (secondary N) is 1. The molecule has 33 heavy (non-hydrogen) atoms. The maximum absolute atomic E-state index is 13.1. The van der Waals surface area contributed by atoms with Crippen LogP contribution in [0.3, 0.4) is 0 Å². The van der Waals surface area contributed by atoms with Crippen LogP contribution < -0.4 is 5.32 Å². The molecule has 0 spiro atoms. The van der Waals surface area contributed by atoms with Gasteiger partial charge in [0.2, 0.25) is 5.82 Å². The number of halogens is 6. The molecular formula is C20H19F6N3O3S. The van der Waals surface area contributed by atoms with Gasteiger partial charge in [0.05, 0.1) is 15.2 Å². The lowest BCUT2D eigenvalue weighted by molar-refractivity contribution is -0.145. The van der Waals surface area contributed by atoms with Gasteiger partial charge in [-0.3, -0.25) is 4.79 Å². The number of benzene rings is 1. The first-order valence-corrected chi connectivity index (χ1v) is 11.1. The molecule has 0 saturated heterocycles. The summed E-state index contributed by atoms with van der Waals surface area (Å²) in [5, 5.41) is 2.49. The minimum atomic E-state index is -4.82. The Morgan fingerprint density at radius 2 is 1.67 bits per heavy atom. The Balaban J connectivity index is 1.69. The van der Waals surface area contributed by atoms with Crippen molar-refractivity contribution in [3.8, 4) is 0 Å². The molecule has 1 aliphatic carbocycles. The highest BCUT2D eigenvalue weighted by Crippen LogP contribution is 2.44. The SMILES string of the molecule is CC(C)(C1CC(NC(=O)c2ccnc(C(F)(F)F)n2)C1)S(=O)(=O)c1cccc(C(F)(F)F)c1. The molecular weight excluding hydrogens is 476 g/mol. The third-order valence-electron chi connectivity index (χ3n) is 5.76. The number of hydrogen-bond donors (Lipinski definition) is 1. The standard InChI is InChI=1S/C20H19F6N3O3S/c1-18(2,33(31,32)14-5-3-4-11(10-14)19(21,22)23)12-8-13(9-12)28-16(30)15-6-7-27-17(29-15)20(24,25)26/h3-7,10,12-13H,8-9H2,1-2H3,(H,28,30). The Morgan fingerprint density at radius 1 is 1.03 bits per heavy atom. The number of nitrogens with zero attached hydrogens (tertiary/aromatic N) is 2. The average molecular weight is 495 g/mol. The molecule has 1 saturated carbocycles. The van der Waals surface area contributed by atoms with Crippen LogP contribution in [0, 0.1) is 5.92 Å². The topological polar surface area (TPSA) is 89.0 Å². The molecule has 13 heteroatoms. The van der Waals surface area contributed by atoms with Gasteiger partial charge in [0.25, 0.3) is 5.91 Å². The zero-order valence-electron chi connectivity index (χ0n) is 17.3. The first-order chi connectivity index (χ1) is 15.0. The van der Waals surface area contributed by atoms with Crippen molar-refractivity contribution in [2.24, 2.45) is 5.92 Å². The number of amides is 1. The Bertz CT molecular complexity index is 1160. The molecule has 0 radical (unpaired) electrons. The summed E-state index contributed by atoms with van der Waals surface area (Å²) < 4.78 is 102. The van der Waals surface area contributed by atoms with E-state index in [0.29, 0.717) is 6.07 Å². The highest BCUT2D eigenvalue weighted by molar-refractivity contribution is 7.92. The molecule has 180 valence electrons. The fourth-order valence-corrected chi connectivity index (χ4v) is 5.33. The summed E-state index contributed by atoms with van der Waals surface area (Å²) in [4.78, 5) is 18.0. The molecule has 0 bridgehead atoms. The molecule has 2 aromatic rings. The number of sulfone groups is 1. The van der Waals surface area contributed by atoms with E-state index in [1.807, 2.05) is 0 Å². The molecule has 1 N–H and O–H groups in total. The zero-order valence-corrected chi connectivity index (χ0v) is 18.1. The molecule has 1 aromatic heterocycles. The fraction of sp³-hybridized carbons (Fsp3) is 0.450. The molecule has 1 aromatic carbocycles. The van der Waals surface area contributed by atoms with Crippen LogP contribution >= 0.6 is 0 Å². The van der Waals surface area contributed by atoms with E-state index in [-0.39, 0.29) is 12.8 Å². The fourth-order valence-electron chi connectivity index (χ4n) is 3.55. The molecule has 0 aliphatic heterocycles. The molecule has 3 rings (SSSR count). The summed E-state index contributed by atoms with van der Waals surface area (Å²) in [6.07, 6.45) is -8.37. The molecule has 1 heterocycles. The van der Waals surface area contributed by atoms with E-state index < -0.39 is 66.8 Å². The molecule has 1 amide bonds. The number of hydrogen-bond acceptors (Lipinski definition) is 5. The summed E-state index contributed by atoms with van der Waals surface area (Å²) in [7, 11) is -4.17.